The highest BCUT2D eigenvalue weighted by Gasteiger charge is 2.15. The van der Waals surface area contributed by atoms with E-state index in [0.29, 0.717) is 17.4 Å². The van der Waals surface area contributed by atoms with E-state index in [4.69, 9.17) is 14.1 Å². The van der Waals surface area contributed by atoms with Gasteiger partial charge in [0.1, 0.15) is 5.69 Å². The number of furan rings is 1. The summed E-state index contributed by atoms with van der Waals surface area (Å²) >= 11 is 1.55. The Hall–Kier alpha value is -2.80. The highest BCUT2D eigenvalue weighted by Crippen LogP contribution is 2.28. The van der Waals surface area contributed by atoms with Gasteiger partial charge in [-0.05, 0) is 37.1 Å². The minimum Gasteiger partial charge on any atom is -0.504 e. The van der Waals surface area contributed by atoms with Crippen LogP contribution in [-0.4, -0.2) is 29.1 Å². The Kier molecular flexibility index (Phi) is 5.62. The van der Waals surface area contributed by atoms with Gasteiger partial charge in [0.05, 0.1) is 25.6 Å². The summed E-state index contributed by atoms with van der Waals surface area (Å²) in [5.74, 6) is 1.21. The quantitative estimate of drug-likeness (QED) is 0.638. The maximum atomic E-state index is 10.3. The molecule has 1 fully saturated rings. The molecule has 2 heterocycles. The first kappa shape index (κ1) is 18.6. The molecule has 0 aliphatic heterocycles. The zero-order chi connectivity index (χ0) is 19.3. The molecule has 1 aromatic carbocycles. The zero-order valence-corrected chi connectivity index (χ0v) is 16.6. The van der Waals surface area contributed by atoms with Gasteiger partial charge in [-0.15, -0.1) is 11.3 Å². The first-order valence-electron chi connectivity index (χ1n) is 9.45. The molecule has 28 heavy (non-hydrogen) atoms. The van der Waals surface area contributed by atoms with E-state index in [2.05, 4.69) is 5.10 Å². The number of ether oxygens (including phenoxy) is 1. The van der Waals surface area contributed by atoms with Gasteiger partial charge in [0.15, 0.2) is 17.3 Å². The first-order chi connectivity index (χ1) is 13.8. The third-order valence-corrected chi connectivity index (χ3v) is 5.72. The second kappa shape index (κ2) is 8.48. The summed E-state index contributed by atoms with van der Waals surface area (Å²) in [6, 6.07) is 9.41. The van der Waals surface area contributed by atoms with E-state index < -0.39 is 0 Å². The third kappa shape index (κ3) is 3.89. The van der Waals surface area contributed by atoms with Crippen molar-refractivity contribution < 1.29 is 14.3 Å². The van der Waals surface area contributed by atoms with Crippen molar-refractivity contribution in [2.24, 2.45) is 10.1 Å². The lowest BCUT2D eigenvalue weighted by atomic mass is 9.96. The monoisotopic (exact) mass is 397 g/mol. The molecular weight excluding hydrogens is 374 g/mol. The Labute approximate surface area is 167 Å². The fourth-order valence-corrected chi connectivity index (χ4v) is 4.28. The molecule has 3 aromatic rings. The molecular formula is C21H23N3O3S. The van der Waals surface area contributed by atoms with Crippen molar-refractivity contribution in [3.8, 4) is 23.0 Å². The summed E-state index contributed by atoms with van der Waals surface area (Å²) < 4.78 is 12.5. The highest BCUT2D eigenvalue weighted by atomic mass is 32.1. The van der Waals surface area contributed by atoms with Crippen molar-refractivity contribution in [3.05, 3.63) is 52.3 Å². The number of aromatic nitrogens is 1. The first-order valence-corrected chi connectivity index (χ1v) is 10.3. The summed E-state index contributed by atoms with van der Waals surface area (Å²) in [5.41, 5.74) is 1.41. The van der Waals surface area contributed by atoms with Crippen LogP contribution in [0.15, 0.2) is 56.5 Å². The minimum atomic E-state index is 0.0647. The number of methoxy groups -OCH3 is 1. The fraction of sp³-hybridized carbons (Fsp3) is 0.333. The van der Waals surface area contributed by atoms with Crippen LogP contribution in [0.25, 0.3) is 11.5 Å². The second-order valence-electron chi connectivity index (χ2n) is 6.76. The number of rotatable bonds is 5. The van der Waals surface area contributed by atoms with Gasteiger partial charge in [-0.2, -0.15) is 5.10 Å². The number of hydrogen-bond donors (Lipinski definition) is 1. The molecule has 1 aliphatic carbocycles. The van der Waals surface area contributed by atoms with Gasteiger partial charge in [-0.3, -0.25) is 4.99 Å². The lowest BCUT2D eigenvalue weighted by Gasteiger charge is -2.16. The summed E-state index contributed by atoms with van der Waals surface area (Å²) in [6.45, 7) is 0. The maximum absolute atomic E-state index is 10.3. The predicted octanol–water partition coefficient (Wildman–Crippen LogP) is 4.64. The van der Waals surface area contributed by atoms with Crippen LogP contribution >= 0.6 is 11.3 Å². The molecule has 6 nitrogen and oxygen atoms in total. The minimum absolute atomic E-state index is 0.0647. The molecule has 7 heteroatoms. The lowest BCUT2D eigenvalue weighted by molar-refractivity contribution is 0.373. The molecule has 1 N–H and O–H groups in total. The molecule has 4 rings (SSSR count). The van der Waals surface area contributed by atoms with Crippen LogP contribution in [0.4, 0.5) is 0 Å². The summed E-state index contributed by atoms with van der Waals surface area (Å²) in [4.78, 5) is 5.79. The van der Waals surface area contributed by atoms with Gasteiger partial charge >= 0.3 is 0 Å². The summed E-state index contributed by atoms with van der Waals surface area (Å²) in [7, 11) is 1.53. The van der Waals surface area contributed by atoms with Gasteiger partial charge in [0.25, 0.3) is 0 Å². The Morgan fingerprint density at radius 3 is 2.82 bits per heavy atom. The molecule has 2 aromatic heterocycles. The maximum Gasteiger partial charge on any atom is 0.206 e. The van der Waals surface area contributed by atoms with Crippen molar-refractivity contribution in [1.29, 1.82) is 0 Å². The number of hydrogen-bond acceptors (Lipinski definition) is 6. The van der Waals surface area contributed by atoms with E-state index >= 15 is 0 Å². The molecule has 0 unspecified atom stereocenters. The molecule has 146 valence electrons. The molecule has 0 amide bonds. The lowest BCUT2D eigenvalue weighted by Crippen LogP contribution is -2.18. The zero-order valence-electron chi connectivity index (χ0n) is 15.7. The van der Waals surface area contributed by atoms with Crippen LogP contribution in [0.2, 0.25) is 0 Å². The molecule has 0 bridgehead atoms. The Morgan fingerprint density at radius 1 is 1.21 bits per heavy atom. The van der Waals surface area contributed by atoms with Crippen LogP contribution in [0, 0.1) is 0 Å². The van der Waals surface area contributed by atoms with Gasteiger partial charge < -0.3 is 14.3 Å². The summed E-state index contributed by atoms with van der Waals surface area (Å²) in [5, 5.41) is 17.0. The largest absolute Gasteiger partial charge is 0.504 e. The predicted molar refractivity (Wildman–Crippen MR) is 110 cm³/mol. The van der Waals surface area contributed by atoms with E-state index in [1.54, 1.807) is 40.6 Å². The van der Waals surface area contributed by atoms with Crippen molar-refractivity contribution in [2.75, 3.05) is 7.11 Å². The second-order valence-corrected chi connectivity index (χ2v) is 7.59. The van der Waals surface area contributed by atoms with Gasteiger partial charge in [0, 0.05) is 10.9 Å². The molecule has 0 saturated heterocycles. The number of aromatic hydroxyl groups is 1. The van der Waals surface area contributed by atoms with Crippen molar-refractivity contribution in [1.82, 2.24) is 4.68 Å². The average molecular weight is 398 g/mol. The van der Waals surface area contributed by atoms with Crippen molar-refractivity contribution in [3.63, 3.8) is 0 Å². The third-order valence-electron chi connectivity index (χ3n) is 4.89. The number of nitrogens with zero attached hydrogens (tertiary/aromatic N) is 3. The van der Waals surface area contributed by atoms with E-state index in [0.717, 1.165) is 29.1 Å². The van der Waals surface area contributed by atoms with E-state index in [1.165, 1.54) is 26.4 Å². The Balaban J connectivity index is 1.75. The fourth-order valence-electron chi connectivity index (χ4n) is 3.39. The van der Waals surface area contributed by atoms with Gasteiger partial charge in [-0.25, -0.2) is 4.68 Å². The number of phenolic OH excluding ortho intramolecular Hbond substituents is 1. The molecule has 1 saturated carbocycles. The Morgan fingerprint density at radius 2 is 2.07 bits per heavy atom. The van der Waals surface area contributed by atoms with E-state index in [9.17, 15) is 5.11 Å². The van der Waals surface area contributed by atoms with Crippen LogP contribution in [0.3, 0.4) is 0 Å². The number of benzene rings is 1. The number of thiazole rings is 1. The van der Waals surface area contributed by atoms with E-state index in [1.807, 2.05) is 23.6 Å². The standard InChI is InChI=1S/C21H23N3O3S/c1-26-19-10-5-7-15(20(19)25)13-22-24-17(18-11-6-12-27-18)14-28-21(24)23-16-8-3-2-4-9-16/h5-7,10-14,16,25H,2-4,8-9H2,1H3/b22-13+,23-21?. The number of para-hydroxylation sites is 1. The van der Waals surface area contributed by atoms with Crippen LogP contribution in [0.1, 0.15) is 37.7 Å². The van der Waals surface area contributed by atoms with Gasteiger partial charge in [0.2, 0.25) is 4.80 Å². The number of phenols is 1. The van der Waals surface area contributed by atoms with Crippen molar-refractivity contribution >= 4 is 17.6 Å². The highest BCUT2D eigenvalue weighted by molar-refractivity contribution is 7.07. The molecule has 0 spiro atoms. The molecule has 0 atom stereocenters. The van der Waals surface area contributed by atoms with Crippen LogP contribution < -0.4 is 9.54 Å². The normalized spacial score (nSPS) is 16.1. The summed E-state index contributed by atoms with van der Waals surface area (Å²) in [6.07, 6.45) is 9.25. The van der Waals surface area contributed by atoms with E-state index in [-0.39, 0.29) is 5.75 Å². The smallest absolute Gasteiger partial charge is 0.206 e. The SMILES string of the molecule is COc1cccc(/C=N/n2c(-c3ccco3)csc2=NC2CCCCC2)c1O. The van der Waals surface area contributed by atoms with Crippen molar-refractivity contribution in [2.45, 2.75) is 38.1 Å². The molecule has 0 radical (unpaired) electrons. The van der Waals surface area contributed by atoms with Crippen LogP contribution in [-0.2, 0) is 0 Å². The van der Waals surface area contributed by atoms with Crippen LogP contribution in [0.5, 0.6) is 11.5 Å². The topological polar surface area (TPSA) is 72.2 Å². The molecule has 1 aliphatic rings. The van der Waals surface area contributed by atoms with Gasteiger partial charge in [-0.1, -0.05) is 25.3 Å². The average Bonchev–Trinajstić information content (AvgIpc) is 3.38. The Bertz CT molecular complexity index is 1010.